The molecule has 0 fully saturated rings. The third-order valence-corrected chi connectivity index (χ3v) is 4.88. The first-order valence-corrected chi connectivity index (χ1v) is 8.56. The van der Waals surface area contributed by atoms with Gasteiger partial charge in [0.1, 0.15) is 18.0 Å². The number of ether oxygens (including phenoxy) is 2. The molecule has 6 heteroatoms. The zero-order chi connectivity index (χ0) is 17.4. The van der Waals surface area contributed by atoms with Gasteiger partial charge in [-0.1, -0.05) is 24.3 Å². The second-order valence-electron chi connectivity index (χ2n) is 6.45. The lowest BCUT2D eigenvalue weighted by molar-refractivity contribution is 0.111. The zero-order valence-electron chi connectivity index (χ0n) is 14.4. The Labute approximate surface area is 146 Å². The van der Waals surface area contributed by atoms with Crippen molar-refractivity contribution in [3.8, 4) is 5.75 Å². The van der Waals surface area contributed by atoms with E-state index in [0.29, 0.717) is 0 Å². The molecule has 0 aliphatic heterocycles. The van der Waals surface area contributed by atoms with E-state index in [4.69, 9.17) is 15.2 Å². The second-order valence-corrected chi connectivity index (χ2v) is 6.45. The van der Waals surface area contributed by atoms with Gasteiger partial charge in [-0.3, -0.25) is 4.40 Å². The number of rotatable bonds is 4. The highest BCUT2D eigenvalue weighted by Gasteiger charge is 2.26. The Hall–Kier alpha value is -2.44. The molecule has 1 aliphatic carbocycles. The fraction of sp³-hybridized carbons (Fsp3) is 0.368. The molecule has 0 radical (unpaired) electrons. The average molecular weight is 338 g/mol. The number of benzene rings is 1. The van der Waals surface area contributed by atoms with E-state index in [1.807, 2.05) is 41.8 Å². The number of methoxy groups -OCH3 is 1. The van der Waals surface area contributed by atoms with Crippen LogP contribution in [0.25, 0.3) is 5.65 Å². The number of hydrogen-bond acceptors (Lipinski definition) is 5. The van der Waals surface area contributed by atoms with E-state index < -0.39 is 0 Å². The van der Waals surface area contributed by atoms with Crippen LogP contribution in [0, 0.1) is 0 Å². The first-order chi connectivity index (χ1) is 12.2. The molecule has 2 heterocycles. The summed E-state index contributed by atoms with van der Waals surface area (Å²) in [5.41, 5.74) is 9.37. The first kappa shape index (κ1) is 16.1. The molecule has 1 aliphatic rings. The second kappa shape index (κ2) is 6.46. The lowest BCUT2D eigenvalue weighted by Crippen LogP contribution is -2.23. The van der Waals surface area contributed by atoms with Crippen molar-refractivity contribution >= 4 is 5.65 Å². The van der Waals surface area contributed by atoms with Crippen LogP contribution in [0.2, 0.25) is 0 Å². The molecule has 1 unspecified atom stereocenters. The van der Waals surface area contributed by atoms with E-state index in [2.05, 4.69) is 22.3 Å². The van der Waals surface area contributed by atoms with Gasteiger partial charge in [0, 0.05) is 13.2 Å². The van der Waals surface area contributed by atoms with Crippen molar-refractivity contribution < 1.29 is 9.47 Å². The van der Waals surface area contributed by atoms with Gasteiger partial charge in [-0.2, -0.15) is 0 Å². The summed E-state index contributed by atoms with van der Waals surface area (Å²) < 4.78 is 13.6. The van der Waals surface area contributed by atoms with E-state index >= 15 is 0 Å². The fourth-order valence-electron chi connectivity index (χ4n) is 3.41. The molecule has 0 spiro atoms. The van der Waals surface area contributed by atoms with Gasteiger partial charge in [0.25, 0.3) is 0 Å². The molecular weight excluding hydrogens is 316 g/mol. The maximum absolute atomic E-state index is 6.30. The predicted molar refractivity (Wildman–Crippen MR) is 94.4 cm³/mol. The van der Waals surface area contributed by atoms with Gasteiger partial charge in [0.05, 0.1) is 6.20 Å². The Morgan fingerprint density at radius 1 is 1.12 bits per heavy atom. The summed E-state index contributed by atoms with van der Waals surface area (Å²) >= 11 is 0. The molecule has 0 bridgehead atoms. The zero-order valence-corrected chi connectivity index (χ0v) is 14.4. The van der Waals surface area contributed by atoms with Crippen molar-refractivity contribution in [2.45, 2.75) is 38.0 Å². The molecule has 2 N–H and O–H groups in total. The number of aromatic nitrogens is 3. The Balaban J connectivity index is 1.66. The quantitative estimate of drug-likeness (QED) is 0.789. The topological polar surface area (TPSA) is 74.7 Å². The molecule has 2 aromatic heterocycles. The molecule has 6 nitrogen and oxygen atoms in total. The SMILES string of the molecule is COC(C)c1nnc2ccc(O[C@@H]3CC[C@H](N)c4ccccc43)cn12. The third kappa shape index (κ3) is 2.88. The maximum Gasteiger partial charge on any atom is 0.166 e. The van der Waals surface area contributed by atoms with Crippen LogP contribution < -0.4 is 10.5 Å². The average Bonchev–Trinajstić information content (AvgIpc) is 3.07. The highest BCUT2D eigenvalue weighted by Crippen LogP contribution is 2.37. The van der Waals surface area contributed by atoms with Crippen LogP contribution in [0.4, 0.5) is 0 Å². The minimum atomic E-state index is -0.140. The van der Waals surface area contributed by atoms with Gasteiger partial charge in [0.2, 0.25) is 0 Å². The summed E-state index contributed by atoms with van der Waals surface area (Å²) in [6.07, 6.45) is 3.62. The molecule has 4 rings (SSSR count). The summed E-state index contributed by atoms with van der Waals surface area (Å²) in [7, 11) is 1.66. The van der Waals surface area contributed by atoms with Crippen LogP contribution >= 0.6 is 0 Å². The molecule has 130 valence electrons. The highest BCUT2D eigenvalue weighted by molar-refractivity contribution is 5.42. The van der Waals surface area contributed by atoms with Crippen molar-refractivity contribution in [2.75, 3.05) is 7.11 Å². The van der Waals surface area contributed by atoms with Gasteiger partial charge < -0.3 is 15.2 Å². The van der Waals surface area contributed by atoms with Gasteiger partial charge in [-0.15, -0.1) is 10.2 Å². The van der Waals surface area contributed by atoms with Gasteiger partial charge in [0.15, 0.2) is 11.5 Å². The van der Waals surface area contributed by atoms with E-state index in [0.717, 1.165) is 30.1 Å². The molecule has 25 heavy (non-hydrogen) atoms. The van der Waals surface area contributed by atoms with Crippen molar-refractivity contribution in [3.63, 3.8) is 0 Å². The number of hydrogen-bond donors (Lipinski definition) is 1. The van der Waals surface area contributed by atoms with E-state index in [1.54, 1.807) is 7.11 Å². The van der Waals surface area contributed by atoms with Crippen LogP contribution in [0.1, 0.15) is 55.0 Å². The van der Waals surface area contributed by atoms with Crippen molar-refractivity contribution in [2.24, 2.45) is 5.73 Å². The predicted octanol–water partition coefficient (Wildman–Crippen LogP) is 3.35. The summed E-state index contributed by atoms with van der Waals surface area (Å²) in [4.78, 5) is 0. The minimum absolute atomic E-state index is 0.00762. The monoisotopic (exact) mass is 338 g/mol. The van der Waals surface area contributed by atoms with E-state index in [-0.39, 0.29) is 18.2 Å². The molecule has 3 atom stereocenters. The number of nitrogens with zero attached hydrogens (tertiary/aromatic N) is 3. The van der Waals surface area contributed by atoms with Crippen molar-refractivity contribution in [3.05, 3.63) is 59.5 Å². The molecule has 0 saturated heterocycles. The molecule has 0 amide bonds. The first-order valence-electron chi connectivity index (χ1n) is 8.56. The highest BCUT2D eigenvalue weighted by atomic mass is 16.5. The van der Waals surface area contributed by atoms with E-state index in [1.165, 1.54) is 11.1 Å². The smallest absolute Gasteiger partial charge is 0.166 e. The summed E-state index contributed by atoms with van der Waals surface area (Å²) in [5.74, 6) is 1.54. The van der Waals surface area contributed by atoms with Crippen LogP contribution in [-0.2, 0) is 4.74 Å². The lowest BCUT2D eigenvalue weighted by Gasteiger charge is -2.30. The Morgan fingerprint density at radius 3 is 2.72 bits per heavy atom. The number of nitrogens with two attached hydrogens (primary N) is 1. The Morgan fingerprint density at radius 2 is 1.92 bits per heavy atom. The number of fused-ring (bicyclic) bond motifs is 2. The summed E-state index contributed by atoms with van der Waals surface area (Å²) in [6, 6.07) is 12.2. The van der Waals surface area contributed by atoms with Gasteiger partial charge in [-0.25, -0.2) is 0 Å². The van der Waals surface area contributed by atoms with Gasteiger partial charge >= 0.3 is 0 Å². The number of pyridine rings is 1. The summed E-state index contributed by atoms with van der Waals surface area (Å²) in [5, 5.41) is 8.40. The molecule has 0 saturated carbocycles. The Kier molecular flexibility index (Phi) is 4.15. The van der Waals surface area contributed by atoms with Crippen LogP contribution in [0.5, 0.6) is 5.75 Å². The largest absolute Gasteiger partial charge is 0.484 e. The van der Waals surface area contributed by atoms with Crippen LogP contribution in [0.15, 0.2) is 42.6 Å². The standard InChI is InChI=1S/C19H22N4O2/c1-12(24-2)19-22-21-18-10-7-13(11-23(18)19)25-17-9-8-16(20)14-5-3-4-6-15(14)17/h3-7,10-12,16-17H,8-9,20H2,1-2H3/t12?,16-,17+/m0/s1. The molecular formula is C19H22N4O2. The normalized spacial score (nSPS) is 21.1. The maximum atomic E-state index is 6.30. The van der Waals surface area contributed by atoms with Crippen LogP contribution in [-0.4, -0.2) is 21.7 Å². The lowest BCUT2D eigenvalue weighted by atomic mass is 9.86. The van der Waals surface area contributed by atoms with Crippen molar-refractivity contribution in [1.29, 1.82) is 0 Å². The Bertz CT molecular complexity index is 892. The fourth-order valence-corrected chi connectivity index (χ4v) is 3.41. The minimum Gasteiger partial charge on any atom is -0.484 e. The van der Waals surface area contributed by atoms with Crippen molar-refractivity contribution in [1.82, 2.24) is 14.6 Å². The van der Waals surface area contributed by atoms with Crippen LogP contribution in [0.3, 0.4) is 0 Å². The molecule has 3 aromatic rings. The molecule has 1 aromatic carbocycles. The summed E-state index contributed by atoms with van der Waals surface area (Å²) in [6.45, 7) is 1.95. The third-order valence-electron chi connectivity index (χ3n) is 4.88. The van der Waals surface area contributed by atoms with E-state index in [9.17, 15) is 0 Å². The van der Waals surface area contributed by atoms with Gasteiger partial charge in [-0.05, 0) is 43.0 Å².